The molecule has 1 aliphatic carbocycles. The summed E-state index contributed by atoms with van der Waals surface area (Å²) >= 11 is 10.3. The van der Waals surface area contributed by atoms with Gasteiger partial charge in [-0.2, -0.15) is 0 Å². The highest BCUT2D eigenvalue weighted by atomic mass is 32.1. The van der Waals surface area contributed by atoms with Crippen molar-refractivity contribution in [3.05, 3.63) is 35.5 Å². The van der Waals surface area contributed by atoms with Crippen LogP contribution in [-0.2, 0) is 0 Å². The van der Waals surface area contributed by atoms with Crippen molar-refractivity contribution < 1.29 is 0 Å². The largest absolute Gasteiger partial charge is 0.337 e. The Bertz CT molecular complexity index is 374. The van der Waals surface area contributed by atoms with Crippen LogP contribution in [0.5, 0.6) is 0 Å². The molecule has 0 amide bonds. The Hall–Kier alpha value is -0.800. The highest BCUT2D eigenvalue weighted by Crippen LogP contribution is 2.24. The predicted molar refractivity (Wildman–Crippen MR) is 62.8 cm³/mol. The second-order valence-electron chi connectivity index (χ2n) is 3.19. The summed E-state index contributed by atoms with van der Waals surface area (Å²) in [6, 6.07) is 0. The second-order valence-corrected chi connectivity index (χ2v) is 4.00. The Labute approximate surface area is 88.2 Å². The number of nitrogens with one attached hydrogen (secondary N) is 1. The van der Waals surface area contributed by atoms with Crippen LogP contribution in [0.1, 0.15) is 6.92 Å². The quantitative estimate of drug-likeness (QED) is 0.612. The Kier molecular flexibility index (Phi) is 2.14. The average molecular weight is 207 g/mol. The van der Waals surface area contributed by atoms with Gasteiger partial charge in [-0.1, -0.05) is 55.7 Å². The van der Waals surface area contributed by atoms with Crippen LogP contribution in [0, 0.1) is 5.92 Å². The molecule has 0 aromatic heterocycles. The molecule has 1 nitrogen and oxygen atoms in total. The van der Waals surface area contributed by atoms with Gasteiger partial charge in [-0.3, -0.25) is 0 Å². The number of hydrogen-bond acceptors (Lipinski definition) is 2. The van der Waals surface area contributed by atoms with Crippen LogP contribution in [0.3, 0.4) is 0 Å². The summed E-state index contributed by atoms with van der Waals surface area (Å²) in [6.07, 6.45) is 8.32. The minimum absolute atomic E-state index is 0.421. The van der Waals surface area contributed by atoms with Crippen LogP contribution in [0.15, 0.2) is 35.5 Å². The molecule has 0 spiro atoms. The Balaban J connectivity index is 2.52. The van der Waals surface area contributed by atoms with Gasteiger partial charge in [0.05, 0.1) is 0 Å². The van der Waals surface area contributed by atoms with Crippen LogP contribution in [-0.4, -0.2) is 9.98 Å². The summed E-state index contributed by atoms with van der Waals surface area (Å²) < 4.78 is 0. The lowest BCUT2D eigenvalue weighted by Crippen LogP contribution is -2.16. The first kappa shape index (κ1) is 8.78. The first-order valence-corrected chi connectivity index (χ1v) is 4.96. The lowest BCUT2D eigenvalue weighted by Gasteiger charge is -1.98. The van der Waals surface area contributed by atoms with Crippen molar-refractivity contribution in [3.63, 3.8) is 0 Å². The smallest absolute Gasteiger partial charge is 0.112 e. The second kappa shape index (κ2) is 3.16. The zero-order valence-electron chi connectivity index (χ0n) is 7.20. The Morgan fingerprint density at radius 1 is 1.23 bits per heavy atom. The molecule has 1 heterocycles. The predicted octanol–water partition coefficient (Wildman–Crippen LogP) is 2.30. The standard InChI is InChI=1S/C10H9NS2/c1-6-3-2-4-7-8(5-6)10(13)11-9(7)12/h2-6H,1H3,(H,11,12,13). The van der Waals surface area contributed by atoms with E-state index in [2.05, 4.69) is 24.4 Å². The summed E-state index contributed by atoms with van der Waals surface area (Å²) in [5.41, 5.74) is 2.14. The third kappa shape index (κ3) is 1.49. The van der Waals surface area contributed by atoms with E-state index in [1.165, 1.54) is 0 Å². The van der Waals surface area contributed by atoms with Crippen molar-refractivity contribution in [1.29, 1.82) is 0 Å². The maximum absolute atomic E-state index is 5.17. The molecule has 1 fully saturated rings. The van der Waals surface area contributed by atoms with Gasteiger partial charge in [0, 0.05) is 11.1 Å². The summed E-state index contributed by atoms with van der Waals surface area (Å²) in [7, 11) is 0. The maximum atomic E-state index is 5.17. The Morgan fingerprint density at radius 2 is 1.92 bits per heavy atom. The fourth-order valence-electron chi connectivity index (χ4n) is 1.46. The molecule has 13 heavy (non-hydrogen) atoms. The topological polar surface area (TPSA) is 12.0 Å². The van der Waals surface area contributed by atoms with Crippen LogP contribution in [0.2, 0.25) is 0 Å². The van der Waals surface area contributed by atoms with Gasteiger partial charge >= 0.3 is 0 Å². The van der Waals surface area contributed by atoms with Crippen LogP contribution >= 0.6 is 24.4 Å². The summed E-state index contributed by atoms with van der Waals surface area (Å²) in [4.78, 5) is 1.50. The van der Waals surface area contributed by atoms with Gasteiger partial charge in [-0.15, -0.1) is 0 Å². The van der Waals surface area contributed by atoms with E-state index in [0.29, 0.717) is 5.92 Å². The number of allylic oxidation sites excluding steroid dienone is 4. The highest BCUT2D eigenvalue weighted by molar-refractivity contribution is 7.83. The van der Waals surface area contributed by atoms with Crippen molar-refractivity contribution in [2.24, 2.45) is 5.92 Å². The first-order valence-electron chi connectivity index (χ1n) is 4.15. The minimum Gasteiger partial charge on any atom is -0.337 e. The molecule has 0 saturated carbocycles. The summed E-state index contributed by atoms with van der Waals surface area (Å²) in [6.45, 7) is 2.13. The van der Waals surface area contributed by atoms with E-state index in [9.17, 15) is 0 Å². The van der Waals surface area contributed by atoms with E-state index in [-0.39, 0.29) is 0 Å². The van der Waals surface area contributed by atoms with Gasteiger partial charge in [-0.05, 0) is 5.92 Å². The van der Waals surface area contributed by atoms with E-state index >= 15 is 0 Å². The molecule has 1 aliphatic heterocycles. The van der Waals surface area contributed by atoms with E-state index in [1.807, 2.05) is 12.2 Å². The molecule has 2 rings (SSSR count). The van der Waals surface area contributed by atoms with Crippen molar-refractivity contribution in [1.82, 2.24) is 5.32 Å². The molecule has 1 atom stereocenters. The molecular weight excluding hydrogens is 198 g/mol. The zero-order valence-corrected chi connectivity index (χ0v) is 8.84. The fraction of sp³-hybridized carbons (Fsp3) is 0.200. The lowest BCUT2D eigenvalue weighted by molar-refractivity contribution is 0.939. The molecule has 0 radical (unpaired) electrons. The molecular formula is C10H9NS2. The monoisotopic (exact) mass is 207 g/mol. The number of hydrogen-bond donors (Lipinski definition) is 1. The fourth-order valence-corrected chi connectivity index (χ4v) is 2.08. The number of fused-ring (bicyclic) bond motifs is 1. The summed E-state index contributed by atoms with van der Waals surface area (Å²) in [5, 5.41) is 3.00. The van der Waals surface area contributed by atoms with Gasteiger partial charge in [0.25, 0.3) is 0 Å². The zero-order chi connectivity index (χ0) is 9.42. The molecule has 2 aliphatic rings. The SMILES string of the molecule is CC1C=CC=C2C(=S)NC(=S)C2=C1. The summed E-state index contributed by atoms with van der Waals surface area (Å²) in [5.74, 6) is 0.421. The van der Waals surface area contributed by atoms with Gasteiger partial charge in [0.2, 0.25) is 0 Å². The average Bonchev–Trinajstić information content (AvgIpc) is 2.28. The van der Waals surface area contributed by atoms with E-state index in [0.717, 1.165) is 21.1 Å². The van der Waals surface area contributed by atoms with Gasteiger partial charge < -0.3 is 5.32 Å². The molecule has 3 heteroatoms. The van der Waals surface area contributed by atoms with Gasteiger partial charge in [0.15, 0.2) is 0 Å². The number of rotatable bonds is 0. The molecule has 0 bridgehead atoms. The minimum atomic E-state index is 0.421. The van der Waals surface area contributed by atoms with E-state index in [1.54, 1.807) is 0 Å². The molecule has 66 valence electrons. The van der Waals surface area contributed by atoms with E-state index < -0.39 is 0 Å². The molecule has 0 aromatic carbocycles. The van der Waals surface area contributed by atoms with Crippen molar-refractivity contribution >= 4 is 34.4 Å². The normalized spacial score (nSPS) is 26.1. The third-order valence-corrected chi connectivity index (χ3v) is 2.76. The van der Waals surface area contributed by atoms with Crippen LogP contribution < -0.4 is 5.32 Å². The molecule has 1 N–H and O–H groups in total. The highest BCUT2D eigenvalue weighted by Gasteiger charge is 2.24. The van der Waals surface area contributed by atoms with Crippen LogP contribution in [0.4, 0.5) is 0 Å². The van der Waals surface area contributed by atoms with Gasteiger partial charge in [0.1, 0.15) is 9.98 Å². The Morgan fingerprint density at radius 3 is 2.69 bits per heavy atom. The number of thiocarbonyl (C=S) groups is 2. The molecule has 1 unspecified atom stereocenters. The van der Waals surface area contributed by atoms with Gasteiger partial charge in [-0.25, -0.2) is 0 Å². The lowest BCUT2D eigenvalue weighted by atomic mass is 10.1. The van der Waals surface area contributed by atoms with Crippen LogP contribution in [0.25, 0.3) is 0 Å². The van der Waals surface area contributed by atoms with Crippen molar-refractivity contribution in [2.75, 3.05) is 0 Å². The first-order chi connectivity index (χ1) is 6.18. The molecule has 1 saturated heterocycles. The molecule has 0 aromatic rings. The third-order valence-electron chi connectivity index (χ3n) is 2.11. The van der Waals surface area contributed by atoms with Crippen molar-refractivity contribution in [2.45, 2.75) is 6.92 Å². The van der Waals surface area contributed by atoms with E-state index in [4.69, 9.17) is 24.4 Å². The van der Waals surface area contributed by atoms with Crippen molar-refractivity contribution in [3.8, 4) is 0 Å². The maximum Gasteiger partial charge on any atom is 0.112 e.